The summed E-state index contributed by atoms with van der Waals surface area (Å²) in [4.78, 5) is 25.0. The van der Waals surface area contributed by atoms with Gasteiger partial charge in [-0.25, -0.2) is 0 Å². The summed E-state index contributed by atoms with van der Waals surface area (Å²) in [5.41, 5.74) is 2.23. The van der Waals surface area contributed by atoms with Gasteiger partial charge in [-0.15, -0.1) is 0 Å². The minimum absolute atomic E-state index is 0.00332. The van der Waals surface area contributed by atoms with E-state index in [1.165, 1.54) is 7.11 Å². The Bertz CT molecular complexity index is 487. The first-order valence-corrected chi connectivity index (χ1v) is 6.26. The SMILES string of the molecule is COCC(=O)Nc1cc(NC(=O)CN(C)C)ccc1C. The third kappa shape index (κ3) is 5.38. The lowest BCUT2D eigenvalue weighted by Gasteiger charge is -2.13. The van der Waals surface area contributed by atoms with Gasteiger partial charge in [0.1, 0.15) is 6.61 Å². The predicted molar refractivity (Wildman–Crippen MR) is 78.9 cm³/mol. The Morgan fingerprint density at radius 2 is 1.90 bits per heavy atom. The molecule has 110 valence electrons. The van der Waals surface area contributed by atoms with Gasteiger partial charge in [0, 0.05) is 18.5 Å². The van der Waals surface area contributed by atoms with Crippen molar-refractivity contribution in [2.24, 2.45) is 0 Å². The monoisotopic (exact) mass is 279 g/mol. The van der Waals surface area contributed by atoms with Crippen molar-refractivity contribution in [1.82, 2.24) is 4.90 Å². The predicted octanol–water partition coefficient (Wildman–Crippen LogP) is 1.08. The minimum atomic E-state index is -0.229. The summed E-state index contributed by atoms with van der Waals surface area (Å²) in [6.45, 7) is 2.18. The molecule has 2 N–H and O–H groups in total. The first kappa shape index (κ1) is 16.1. The first-order chi connectivity index (χ1) is 9.42. The Labute approximate surface area is 119 Å². The van der Waals surface area contributed by atoms with E-state index in [0.29, 0.717) is 17.9 Å². The Morgan fingerprint density at radius 1 is 1.20 bits per heavy atom. The van der Waals surface area contributed by atoms with Crippen molar-refractivity contribution in [1.29, 1.82) is 0 Å². The van der Waals surface area contributed by atoms with Crippen LogP contribution in [0.4, 0.5) is 11.4 Å². The summed E-state index contributed by atoms with van der Waals surface area (Å²) in [7, 11) is 5.11. The number of hydrogen-bond acceptors (Lipinski definition) is 4. The van der Waals surface area contributed by atoms with E-state index in [0.717, 1.165) is 5.56 Å². The second-order valence-corrected chi connectivity index (χ2v) is 4.80. The van der Waals surface area contributed by atoms with Crippen LogP contribution in [0.5, 0.6) is 0 Å². The zero-order valence-corrected chi connectivity index (χ0v) is 12.3. The van der Waals surface area contributed by atoms with Gasteiger partial charge in [-0.05, 0) is 38.7 Å². The Balaban J connectivity index is 2.75. The van der Waals surface area contributed by atoms with E-state index in [1.54, 1.807) is 17.0 Å². The molecule has 1 rings (SSSR count). The summed E-state index contributed by atoms with van der Waals surface area (Å²) in [5.74, 6) is -0.333. The lowest BCUT2D eigenvalue weighted by molar-refractivity contribution is -0.119. The quantitative estimate of drug-likeness (QED) is 0.817. The second kappa shape index (κ2) is 7.62. The van der Waals surface area contributed by atoms with Gasteiger partial charge in [0.25, 0.3) is 0 Å². The molecule has 0 unspecified atom stereocenters. The van der Waals surface area contributed by atoms with Gasteiger partial charge in [-0.3, -0.25) is 9.59 Å². The van der Waals surface area contributed by atoms with Gasteiger partial charge in [0.15, 0.2) is 0 Å². The number of aryl methyl sites for hydroxylation is 1. The average molecular weight is 279 g/mol. The molecule has 0 bridgehead atoms. The summed E-state index contributed by atoms with van der Waals surface area (Å²) in [6, 6.07) is 5.37. The molecule has 0 heterocycles. The van der Waals surface area contributed by atoms with Crippen LogP contribution in [0.3, 0.4) is 0 Å². The Kier molecular flexibility index (Phi) is 6.14. The molecular weight excluding hydrogens is 258 g/mol. The van der Waals surface area contributed by atoms with Crippen LogP contribution >= 0.6 is 0 Å². The van der Waals surface area contributed by atoms with Gasteiger partial charge in [0.05, 0.1) is 6.54 Å². The van der Waals surface area contributed by atoms with Crippen LogP contribution in [0.1, 0.15) is 5.56 Å². The van der Waals surface area contributed by atoms with Crippen LogP contribution in [0.15, 0.2) is 18.2 Å². The van der Waals surface area contributed by atoms with E-state index in [2.05, 4.69) is 10.6 Å². The highest BCUT2D eigenvalue weighted by molar-refractivity contribution is 5.95. The normalized spacial score (nSPS) is 10.4. The molecular formula is C14H21N3O3. The molecule has 0 saturated carbocycles. The number of rotatable bonds is 6. The molecule has 6 nitrogen and oxygen atoms in total. The fourth-order valence-corrected chi connectivity index (χ4v) is 1.64. The van der Waals surface area contributed by atoms with Crippen molar-refractivity contribution in [2.75, 3.05) is 45.0 Å². The number of likely N-dealkylation sites (N-methyl/N-ethyl adjacent to an activating group) is 1. The van der Waals surface area contributed by atoms with Crippen LogP contribution < -0.4 is 10.6 Å². The molecule has 2 amide bonds. The van der Waals surface area contributed by atoms with Crippen LogP contribution in [0.2, 0.25) is 0 Å². The van der Waals surface area contributed by atoms with E-state index < -0.39 is 0 Å². The first-order valence-electron chi connectivity index (χ1n) is 6.26. The number of benzene rings is 1. The van der Waals surface area contributed by atoms with Crippen LogP contribution in [0, 0.1) is 6.92 Å². The number of nitrogens with zero attached hydrogens (tertiary/aromatic N) is 1. The number of amides is 2. The fraction of sp³-hybridized carbons (Fsp3) is 0.429. The number of nitrogens with one attached hydrogen (secondary N) is 2. The number of methoxy groups -OCH3 is 1. The average Bonchev–Trinajstić information content (AvgIpc) is 2.32. The molecule has 20 heavy (non-hydrogen) atoms. The molecule has 0 aliphatic rings. The highest BCUT2D eigenvalue weighted by Crippen LogP contribution is 2.20. The van der Waals surface area contributed by atoms with Gasteiger partial charge in [0.2, 0.25) is 11.8 Å². The summed E-state index contributed by atoms with van der Waals surface area (Å²) in [5, 5.41) is 5.52. The summed E-state index contributed by atoms with van der Waals surface area (Å²) in [6.07, 6.45) is 0. The highest BCUT2D eigenvalue weighted by Gasteiger charge is 2.08. The van der Waals surface area contributed by atoms with Crippen LogP contribution in [-0.2, 0) is 14.3 Å². The van der Waals surface area contributed by atoms with E-state index in [9.17, 15) is 9.59 Å². The molecule has 0 saturated heterocycles. The van der Waals surface area contributed by atoms with Crippen molar-refractivity contribution in [3.8, 4) is 0 Å². The van der Waals surface area contributed by atoms with Crippen molar-refractivity contribution >= 4 is 23.2 Å². The highest BCUT2D eigenvalue weighted by atomic mass is 16.5. The molecule has 0 aromatic heterocycles. The van der Waals surface area contributed by atoms with E-state index in [1.807, 2.05) is 27.1 Å². The molecule has 0 radical (unpaired) electrons. The maximum Gasteiger partial charge on any atom is 0.250 e. The van der Waals surface area contributed by atoms with Crippen molar-refractivity contribution in [3.63, 3.8) is 0 Å². The van der Waals surface area contributed by atoms with Crippen molar-refractivity contribution < 1.29 is 14.3 Å². The summed E-state index contributed by atoms with van der Waals surface area (Å²) >= 11 is 0. The smallest absolute Gasteiger partial charge is 0.250 e. The van der Waals surface area contributed by atoms with Gasteiger partial charge >= 0.3 is 0 Å². The van der Waals surface area contributed by atoms with Gasteiger partial charge in [-0.2, -0.15) is 0 Å². The molecule has 0 atom stereocenters. The standard InChI is InChI=1S/C14H21N3O3/c1-10-5-6-11(15-13(18)8-17(2)3)7-12(10)16-14(19)9-20-4/h5-7H,8-9H2,1-4H3,(H,15,18)(H,16,19). The van der Waals surface area contributed by atoms with Crippen molar-refractivity contribution in [3.05, 3.63) is 23.8 Å². The second-order valence-electron chi connectivity index (χ2n) is 4.80. The lowest BCUT2D eigenvalue weighted by Crippen LogP contribution is -2.27. The maximum atomic E-state index is 11.7. The Morgan fingerprint density at radius 3 is 2.50 bits per heavy atom. The molecule has 1 aromatic rings. The van der Waals surface area contributed by atoms with E-state index >= 15 is 0 Å². The van der Waals surface area contributed by atoms with Crippen LogP contribution in [0.25, 0.3) is 0 Å². The minimum Gasteiger partial charge on any atom is -0.375 e. The van der Waals surface area contributed by atoms with Crippen LogP contribution in [-0.4, -0.2) is 51.1 Å². The summed E-state index contributed by atoms with van der Waals surface area (Å²) < 4.78 is 4.77. The number of hydrogen-bond donors (Lipinski definition) is 2. The molecule has 6 heteroatoms. The number of carbonyl (C=O) groups is 2. The van der Waals surface area contributed by atoms with Gasteiger partial charge in [-0.1, -0.05) is 6.07 Å². The lowest BCUT2D eigenvalue weighted by atomic mass is 10.1. The Hall–Kier alpha value is -1.92. The van der Waals surface area contributed by atoms with Crippen molar-refractivity contribution in [2.45, 2.75) is 6.92 Å². The molecule has 0 spiro atoms. The van der Waals surface area contributed by atoms with E-state index in [4.69, 9.17) is 4.74 Å². The number of carbonyl (C=O) groups excluding carboxylic acids is 2. The molecule has 1 aromatic carbocycles. The van der Waals surface area contributed by atoms with E-state index in [-0.39, 0.29) is 18.4 Å². The third-order valence-electron chi connectivity index (χ3n) is 2.53. The maximum absolute atomic E-state index is 11.7. The number of anilines is 2. The zero-order valence-electron chi connectivity index (χ0n) is 12.3. The largest absolute Gasteiger partial charge is 0.375 e. The fourth-order valence-electron chi connectivity index (χ4n) is 1.64. The molecule has 0 aliphatic carbocycles. The molecule has 0 fully saturated rings. The topological polar surface area (TPSA) is 70.7 Å². The third-order valence-corrected chi connectivity index (χ3v) is 2.53. The number of ether oxygens (including phenoxy) is 1. The zero-order chi connectivity index (χ0) is 15.1. The molecule has 0 aliphatic heterocycles. The van der Waals surface area contributed by atoms with Gasteiger partial charge < -0.3 is 20.3 Å².